The van der Waals surface area contributed by atoms with Gasteiger partial charge in [-0.25, -0.2) is 0 Å². The van der Waals surface area contributed by atoms with Gasteiger partial charge < -0.3 is 20.5 Å². The van der Waals surface area contributed by atoms with Gasteiger partial charge in [-0.05, 0) is 25.0 Å². The quantitative estimate of drug-likeness (QED) is 0.802. The zero-order valence-corrected chi connectivity index (χ0v) is 9.75. The summed E-state index contributed by atoms with van der Waals surface area (Å²) in [5.74, 6) is 1.66. The average Bonchev–Trinajstić information content (AvgIpc) is 2.51. The highest BCUT2D eigenvalue weighted by atomic mass is 16.5. The second-order valence-electron chi connectivity index (χ2n) is 3.93. The van der Waals surface area contributed by atoms with Crippen molar-refractivity contribution in [2.24, 2.45) is 5.73 Å². The Hall–Kier alpha value is -1.42. The molecule has 1 aliphatic heterocycles. The van der Waals surface area contributed by atoms with Crippen molar-refractivity contribution in [3.63, 3.8) is 0 Å². The smallest absolute Gasteiger partial charge is 0.142 e. The fourth-order valence-electron chi connectivity index (χ4n) is 2.16. The number of nitrogens with one attached hydrogen (secondary N) is 1. The molecule has 1 atom stereocenters. The lowest BCUT2D eigenvalue weighted by atomic mass is 10.0. The van der Waals surface area contributed by atoms with Gasteiger partial charge in [0, 0.05) is 18.2 Å². The summed E-state index contributed by atoms with van der Waals surface area (Å²) in [6.45, 7) is 0.921. The summed E-state index contributed by atoms with van der Waals surface area (Å²) in [5, 5.41) is 3.36. The summed E-state index contributed by atoms with van der Waals surface area (Å²) in [7, 11) is 3.33. The third kappa shape index (κ3) is 1.80. The van der Waals surface area contributed by atoms with Gasteiger partial charge in [-0.1, -0.05) is 0 Å². The van der Waals surface area contributed by atoms with Crippen molar-refractivity contribution in [3.05, 3.63) is 17.7 Å². The van der Waals surface area contributed by atoms with Crippen LogP contribution in [0.3, 0.4) is 0 Å². The van der Waals surface area contributed by atoms with E-state index in [9.17, 15) is 0 Å². The van der Waals surface area contributed by atoms with E-state index in [1.165, 1.54) is 0 Å². The van der Waals surface area contributed by atoms with Crippen LogP contribution in [0.15, 0.2) is 12.1 Å². The number of ether oxygens (including phenoxy) is 2. The lowest BCUT2D eigenvalue weighted by Gasteiger charge is -2.19. The van der Waals surface area contributed by atoms with Crippen molar-refractivity contribution in [3.8, 4) is 11.5 Å². The van der Waals surface area contributed by atoms with Crippen LogP contribution in [0.25, 0.3) is 0 Å². The molecule has 2 rings (SSSR count). The van der Waals surface area contributed by atoms with Gasteiger partial charge in [0.1, 0.15) is 11.5 Å². The highest BCUT2D eigenvalue weighted by Gasteiger charge is 2.22. The molecule has 0 aliphatic carbocycles. The van der Waals surface area contributed by atoms with Crippen LogP contribution in [0.5, 0.6) is 11.5 Å². The molecule has 1 aliphatic rings. The van der Waals surface area contributed by atoms with Crippen LogP contribution in [0, 0.1) is 0 Å². The summed E-state index contributed by atoms with van der Waals surface area (Å²) >= 11 is 0. The molecular weight excluding hydrogens is 204 g/mol. The molecular formula is C12H18N2O2. The van der Waals surface area contributed by atoms with E-state index in [2.05, 4.69) is 5.32 Å². The van der Waals surface area contributed by atoms with Crippen LogP contribution < -0.4 is 20.5 Å². The highest BCUT2D eigenvalue weighted by Crippen LogP contribution is 2.41. The molecule has 16 heavy (non-hydrogen) atoms. The molecule has 0 bridgehead atoms. The Morgan fingerprint density at radius 2 is 1.94 bits per heavy atom. The van der Waals surface area contributed by atoms with Crippen molar-refractivity contribution in [1.29, 1.82) is 0 Å². The summed E-state index contributed by atoms with van der Waals surface area (Å²) in [6, 6.07) is 3.82. The molecule has 4 heteroatoms. The molecule has 4 nitrogen and oxygen atoms in total. The first-order valence-corrected chi connectivity index (χ1v) is 5.52. The number of hydrogen-bond donors (Lipinski definition) is 2. The Bertz CT molecular complexity index is 380. The van der Waals surface area contributed by atoms with E-state index in [1.807, 2.05) is 12.1 Å². The van der Waals surface area contributed by atoms with Gasteiger partial charge in [-0.15, -0.1) is 0 Å². The average molecular weight is 222 g/mol. The zero-order chi connectivity index (χ0) is 11.5. The summed E-state index contributed by atoms with van der Waals surface area (Å²) < 4.78 is 10.7. The van der Waals surface area contributed by atoms with Gasteiger partial charge in [0.15, 0.2) is 0 Å². The Balaban J connectivity index is 2.56. The van der Waals surface area contributed by atoms with Gasteiger partial charge in [0.2, 0.25) is 0 Å². The van der Waals surface area contributed by atoms with E-state index in [-0.39, 0.29) is 6.04 Å². The largest absolute Gasteiger partial charge is 0.496 e. The first-order chi connectivity index (χ1) is 7.77. The molecule has 88 valence electrons. The Morgan fingerprint density at radius 3 is 2.62 bits per heavy atom. The van der Waals surface area contributed by atoms with E-state index in [1.54, 1.807) is 14.2 Å². The normalized spacial score (nSPS) is 19.3. The van der Waals surface area contributed by atoms with E-state index >= 15 is 0 Å². The molecule has 0 amide bonds. The molecule has 1 aromatic carbocycles. The Labute approximate surface area is 95.7 Å². The fraction of sp³-hybridized carbons (Fsp3) is 0.500. The lowest BCUT2D eigenvalue weighted by molar-refractivity contribution is 0.396. The number of fused-ring (bicyclic) bond motifs is 1. The minimum Gasteiger partial charge on any atom is -0.496 e. The second kappa shape index (κ2) is 4.61. The number of nitrogens with two attached hydrogens (primary N) is 1. The third-order valence-corrected chi connectivity index (χ3v) is 2.97. The molecule has 3 N–H and O–H groups in total. The first kappa shape index (κ1) is 11.1. The van der Waals surface area contributed by atoms with Crippen molar-refractivity contribution in [1.82, 2.24) is 0 Å². The van der Waals surface area contributed by atoms with Gasteiger partial charge in [-0.2, -0.15) is 0 Å². The molecule has 0 aromatic heterocycles. The maximum atomic E-state index is 6.17. The summed E-state index contributed by atoms with van der Waals surface area (Å²) in [6.07, 6.45) is 2.02. The van der Waals surface area contributed by atoms with Crippen molar-refractivity contribution in [2.75, 3.05) is 26.1 Å². The molecule has 1 unspecified atom stereocenters. The number of rotatable bonds is 2. The SMILES string of the molecule is COc1ccc(OC)c2c1NCCCC2N. The van der Waals surface area contributed by atoms with Gasteiger partial charge >= 0.3 is 0 Å². The number of benzene rings is 1. The molecule has 0 saturated carbocycles. The van der Waals surface area contributed by atoms with Crippen LogP contribution in [-0.2, 0) is 0 Å². The van der Waals surface area contributed by atoms with E-state index in [4.69, 9.17) is 15.2 Å². The Morgan fingerprint density at radius 1 is 1.25 bits per heavy atom. The number of methoxy groups -OCH3 is 2. The van der Waals surface area contributed by atoms with Gasteiger partial charge in [0.05, 0.1) is 19.9 Å². The summed E-state index contributed by atoms with van der Waals surface area (Å²) in [5.41, 5.74) is 8.18. The summed E-state index contributed by atoms with van der Waals surface area (Å²) in [4.78, 5) is 0. The number of anilines is 1. The predicted octanol–water partition coefficient (Wildman–Crippen LogP) is 1.91. The third-order valence-electron chi connectivity index (χ3n) is 2.97. The van der Waals surface area contributed by atoms with Crippen molar-refractivity contribution in [2.45, 2.75) is 18.9 Å². The first-order valence-electron chi connectivity index (χ1n) is 5.52. The van der Waals surface area contributed by atoms with Crippen LogP contribution in [0.1, 0.15) is 24.4 Å². The van der Waals surface area contributed by atoms with E-state index in [0.29, 0.717) is 0 Å². The van der Waals surface area contributed by atoms with E-state index in [0.717, 1.165) is 42.1 Å². The molecule has 0 fully saturated rings. The van der Waals surface area contributed by atoms with E-state index < -0.39 is 0 Å². The number of hydrogen-bond acceptors (Lipinski definition) is 4. The standard InChI is InChI=1S/C12H18N2O2/c1-15-9-5-6-10(16-2)12-11(9)8(13)4-3-7-14-12/h5-6,8,14H,3-4,7,13H2,1-2H3. The van der Waals surface area contributed by atoms with Gasteiger partial charge in [0.25, 0.3) is 0 Å². The van der Waals surface area contributed by atoms with Crippen LogP contribution >= 0.6 is 0 Å². The van der Waals surface area contributed by atoms with Crippen molar-refractivity contribution >= 4 is 5.69 Å². The molecule has 0 radical (unpaired) electrons. The molecule has 0 spiro atoms. The maximum absolute atomic E-state index is 6.17. The maximum Gasteiger partial charge on any atom is 0.142 e. The minimum atomic E-state index is 0.00931. The van der Waals surface area contributed by atoms with Crippen LogP contribution in [0.2, 0.25) is 0 Å². The van der Waals surface area contributed by atoms with Crippen LogP contribution in [-0.4, -0.2) is 20.8 Å². The minimum absolute atomic E-state index is 0.00931. The fourth-order valence-corrected chi connectivity index (χ4v) is 2.16. The monoisotopic (exact) mass is 222 g/mol. The second-order valence-corrected chi connectivity index (χ2v) is 3.93. The molecule has 0 saturated heterocycles. The van der Waals surface area contributed by atoms with Crippen molar-refractivity contribution < 1.29 is 9.47 Å². The zero-order valence-electron chi connectivity index (χ0n) is 9.75. The van der Waals surface area contributed by atoms with Crippen LogP contribution in [0.4, 0.5) is 5.69 Å². The molecule has 1 heterocycles. The highest BCUT2D eigenvalue weighted by molar-refractivity contribution is 5.68. The molecule has 1 aromatic rings. The predicted molar refractivity (Wildman–Crippen MR) is 64.2 cm³/mol. The Kier molecular flexibility index (Phi) is 3.19. The lowest BCUT2D eigenvalue weighted by Crippen LogP contribution is -2.11. The topological polar surface area (TPSA) is 56.5 Å². The van der Waals surface area contributed by atoms with Gasteiger partial charge in [-0.3, -0.25) is 0 Å².